The molecule has 0 bridgehead atoms. The maximum Gasteiger partial charge on any atom is -0.00203 e. The third kappa shape index (κ3) is 3.50. The average Bonchev–Trinajstić information content (AvgIpc) is 2.88. The van der Waals surface area contributed by atoms with Crippen LogP contribution in [0, 0.1) is 6.92 Å². The predicted molar refractivity (Wildman–Crippen MR) is 142 cm³/mol. The number of hydrogen-bond acceptors (Lipinski definition) is 0. The second-order valence-corrected chi connectivity index (χ2v) is 8.69. The molecule has 6 rings (SSSR count). The summed E-state index contributed by atoms with van der Waals surface area (Å²) >= 11 is 0. The Morgan fingerprint density at radius 2 is 0.939 bits per heavy atom. The summed E-state index contributed by atoms with van der Waals surface area (Å²) in [7, 11) is 0. The first-order valence-electron chi connectivity index (χ1n) is 11.5. The fourth-order valence-corrected chi connectivity index (χ4v) is 4.86. The summed E-state index contributed by atoms with van der Waals surface area (Å²) in [6.07, 6.45) is 0. The van der Waals surface area contributed by atoms with Crippen molar-refractivity contribution < 1.29 is 0 Å². The van der Waals surface area contributed by atoms with Crippen molar-refractivity contribution in [1.82, 2.24) is 0 Å². The van der Waals surface area contributed by atoms with Crippen molar-refractivity contribution in [2.75, 3.05) is 0 Å². The lowest BCUT2D eigenvalue weighted by Crippen LogP contribution is -1.93. The largest absolute Gasteiger partial charge is 0.0622 e. The summed E-state index contributed by atoms with van der Waals surface area (Å²) in [4.78, 5) is 0. The van der Waals surface area contributed by atoms with Crippen LogP contribution in [0.1, 0.15) is 5.56 Å². The highest BCUT2D eigenvalue weighted by atomic mass is 14.2. The summed E-state index contributed by atoms with van der Waals surface area (Å²) in [6.45, 7) is 2.15. The second kappa shape index (κ2) is 8.07. The molecule has 0 heterocycles. The van der Waals surface area contributed by atoms with Crippen LogP contribution in [0.3, 0.4) is 0 Å². The highest BCUT2D eigenvalue weighted by Gasteiger charge is 2.18. The van der Waals surface area contributed by atoms with Crippen LogP contribution < -0.4 is 0 Å². The van der Waals surface area contributed by atoms with E-state index >= 15 is 0 Å². The molecule has 0 aliphatic heterocycles. The van der Waals surface area contributed by atoms with E-state index < -0.39 is 0 Å². The maximum atomic E-state index is 2.37. The van der Waals surface area contributed by atoms with Gasteiger partial charge < -0.3 is 0 Å². The number of fused-ring (bicyclic) bond motifs is 2. The Morgan fingerprint density at radius 3 is 1.61 bits per heavy atom. The molecule has 156 valence electrons. The van der Waals surface area contributed by atoms with Gasteiger partial charge in [-0.3, -0.25) is 0 Å². The van der Waals surface area contributed by atoms with E-state index in [4.69, 9.17) is 0 Å². The molecule has 0 radical (unpaired) electrons. The lowest BCUT2D eigenvalue weighted by molar-refractivity contribution is 1.47. The van der Waals surface area contributed by atoms with Crippen molar-refractivity contribution in [2.24, 2.45) is 0 Å². The van der Waals surface area contributed by atoms with Gasteiger partial charge in [0.05, 0.1) is 0 Å². The third-order valence-electron chi connectivity index (χ3n) is 6.49. The molecular weight excluding hydrogens is 396 g/mol. The Hall–Kier alpha value is -4.16. The van der Waals surface area contributed by atoms with Crippen molar-refractivity contribution in [3.8, 4) is 33.4 Å². The molecule has 0 nitrogen and oxygen atoms in total. The zero-order valence-corrected chi connectivity index (χ0v) is 18.6. The zero-order chi connectivity index (χ0) is 22.2. The Balaban J connectivity index is 1.82. The van der Waals surface area contributed by atoms with E-state index in [-0.39, 0.29) is 0 Å². The van der Waals surface area contributed by atoms with Gasteiger partial charge in [0, 0.05) is 0 Å². The number of benzene rings is 6. The summed E-state index contributed by atoms with van der Waals surface area (Å²) in [5.41, 5.74) is 8.84. The van der Waals surface area contributed by atoms with Crippen molar-refractivity contribution in [1.29, 1.82) is 0 Å². The molecule has 0 aliphatic carbocycles. The Labute approximate surface area is 194 Å². The second-order valence-electron chi connectivity index (χ2n) is 8.69. The first-order valence-corrected chi connectivity index (χ1v) is 11.5. The van der Waals surface area contributed by atoms with Gasteiger partial charge in [0.15, 0.2) is 0 Å². The molecule has 0 aliphatic rings. The first-order chi connectivity index (χ1) is 16.3. The molecule has 0 unspecified atom stereocenters. The monoisotopic (exact) mass is 420 g/mol. The summed E-state index contributed by atoms with van der Waals surface area (Å²) in [5, 5.41) is 5.09. The maximum absolute atomic E-state index is 2.37. The van der Waals surface area contributed by atoms with Crippen LogP contribution in [-0.4, -0.2) is 0 Å². The van der Waals surface area contributed by atoms with Crippen LogP contribution in [0.25, 0.3) is 54.9 Å². The van der Waals surface area contributed by atoms with Gasteiger partial charge in [-0.15, -0.1) is 0 Å². The molecule has 0 N–H and O–H groups in total. The normalized spacial score (nSPS) is 11.2. The molecule has 0 fully saturated rings. The molecule has 0 atom stereocenters. The van der Waals surface area contributed by atoms with Crippen molar-refractivity contribution in [2.45, 2.75) is 6.92 Å². The number of hydrogen-bond donors (Lipinski definition) is 0. The van der Waals surface area contributed by atoms with E-state index in [0.29, 0.717) is 0 Å². The molecular formula is C33H24. The highest BCUT2D eigenvalue weighted by Crippen LogP contribution is 2.45. The zero-order valence-electron chi connectivity index (χ0n) is 18.6. The van der Waals surface area contributed by atoms with Gasteiger partial charge in [0.2, 0.25) is 0 Å². The van der Waals surface area contributed by atoms with E-state index in [1.165, 1.54) is 60.5 Å². The SMILES string of the molecule is Cc1ccc(-c2c(-c3ccccc3)c(-c3ccccc3)cc3cc4ccccc4cc23)cc1. The van der Waals surface area contributed by atoms with Gasteiger partial charge in [-0.05, 0) is 80.0 Å². The molecule has 0 aromatic heterocycles. The molecule has 0 heteroatoms. The van der Waals surface area contributed by atoms with Crippen molar-refractivity contribution in [3.05, 3.63) is 133 Å². The van der Waals surface area contributed by atoms with Gasteiger partial charge in [0.1, 0.15) is 0 Å². The summed E-state index contributed by atoms with van der Waals surface area (Å²) in [5.74, 6) is 0. The predicted octanol–water partition coefficient (Wildman–Crippen LogP) is 9.30. The quantitative estimate of drug-likeness (QED) is 0.250. The van der Waals surface area contributed by atoms with Crippen LogP contribution in [0.5, 0.6) is 0 Å². The minimum absolute atomic E-state index is 1.24. The Morgan fingerprint density at radius 1 is 0.394 bits per heavy atom. The van der Waals surface area contributed by atoms with E-state index in [0.717, 1.165) is 0 Å². The number of rotatable bonds is 3. The van der Waals surface area contributed by atoms with Crippen LogP contribution >= 0.6 is 0 Å². The molecule has 6 aromatic rings. The van der Waals surface area contributed by atoms with Gasteiger partial charge in [-0.1, -0.05) is 115 Å². The van der Waals surface area contributed by atoms with Crippen LogP contribution in [0.15, 0.2) is 127 Å². The van der Waals surface area contributed by atoms with Crippen molar-refractivity contribution in [3.63, 3.8) is 0 Å². The molecule has 6 aromatic carbocycles. The lowest BCUT2D eigenvalue weighted by Gasteiger charge is -2.20. The third-order valence-corrected chi connectivity index (χ3v) is 6.49. The minimum atomic E-state index is 1.24. The van der Waals surface area contributed by atoms with Crippen molar-refractivity contribution >= 4 is 21.5 Å². The van der Waals surface area contributed by atoms with Gasteiger partial charge in [-0.2, -0.15) is 0 Å². The summed E-state index contributed by atoms with van der Waals surface area (Å²) < 4.78 is 0. The van der Waals surface area contributed by atoms with Crippen LogP contribution in [0.4, 0.5) is 0 Å². The fourth-order valence-electron chi connectivity index (χ4n) is 4.86. The smallest absolute Gasteiger partial charge is 0.00203 e. The minimum Gasteiger partial charge on any atom is -0.0622 e. The topological polar surface area (TPSA) is 0 Å². The summed E-state index contributed by atoms with van der Waals surface area (Å²) in [6, 6.07) is 46.3. The van der Waals surface area contributed by atoms with E-state index in [2.05, 4.69) is 134 Å². The average molecular weight is 421 g/mol. The highest BCUT2D eigenvalue weighted by molar-refractivity contribution is 6.13. The van der Waals surface area contributed by atoms with Crippen LogP contribution in [0.2, 0.25) is 0 Å². The molecule has 0 saturated heterocycles. The molecule has 0 spiro atoms. The number of aryl methyl sites for hydroxylation is 1. The van der Waals surface area contributed by atoms with Gasteiger partial charge in [-0.25, -0.2) is 0 Å². The standard InChI is InChI=1S/C33H24/c1-23-16-18-26(19-17-23)33-31-21-28-15-9-8-14-27(28)20-29(31)22-30(24-10-4-2-5-11-24)32(33)25-12-6-3-7-13-25/h2-22H,1H3. The van der Waals surface area contributed by atoms with Gasteiger partial charge in [0.25, 0.3) is 0 Å². The molecule has 0 amide bonds. The van der Waals surface area contributed by atoms with E-state index in [1.807, 2.05) is 0 Å². The molecule has 33 heavy (non-hydrogen) atoms. The van der Waals surface area contributed by atoms with Gasteiger partial charge >= 0.3 is 0 Å². The van der Waals surface area contributed by atoms with Crippen LogP contribution in [-0.2, 0) is 0 Å². The van der Waals surface area contributed by atoms with E-state index in [9.17, 15) is 0 Å². The Bertz CT molecular complexity index is 1580. The lowest BCUT2D eigenvalue weighted by atomic mass is 9.83. The molecule has 0 saturated carbocycles. The van der Waals surface area contributed by atoms with E-state index in [1.54, 1.807) is 0 Å². The first kappa shape index (κ1) is 19.5. The fraction of sp³-hybridized carbons (Fsp3) is 0.0303. The Kier molecular flexibility index (Phi) is 4.78.